The Labute approximate surface area is 212 Å². The Balaban J connectivity index is 1.48. The molecule has 13 heteroatoms. The SMILES string of the molecule is COC(=O)Nc1ccc(OCC(=O)OCCOCCOC(=O)COc2ccc(NC(=O)OC)cc2)cc1. The van der Waals surface area contributed by atoms with E-state index in [0.717, 1.165) is 0 Å². The summed E-state index contributed by atoms with van der Waals surface area (Å²) in [6.45, 7) is -0.374. The van der Waals surface area contributed by atoms with Gasteiger partial charge in [0.15, 0.2) is 13.2 Å². The molecule has 0 saturated carbocycles. The number of carbonyl (C=O) groups excluding carboxylic acids is 4. The minimum absolute atomic E-state index is 0.00205. The van der Waals surface area contributed by atoms with E-state index in [2.05, 4.69) is 20.1 Å². The van der Waals surface area contributed by atoms with Gasteiger partial charge in [0, 0.05) is 11.4 Å². The van der Waals surface area contributed by atoms with E-state index in [1.807, 2.05) is 0 Å². The average Bonchev–Trinajstić information content (AvgIpc) is 2.91. The van der Waals surface area contributed by atoms with Crippen molar-refractivity contribution in [2.24, 2.45) is 0 Å². The topological polar surface area (TPSA) is 157 Å². The summed E-state index contributed by atoms with van der Waals surface area (Å²) in [5.74, 6) is -0.333. The third kappa shape index (κ3) is 12.1. The van der Waals surface area contributed by atoms with Crippen molar-refractivity contribution < 1.29 is 52.3 Å². The smallest absolute Gasteiger partial charge is 0.411 e. The molecule has 2 aromatic rings. The summed E-state index contributed by atoms with van der Waals surface area (Å²) in [5, 5.41) is 4.98. The molecule has 0 spiro atoms. The molecule has 0 fully saturated rings. The monoisotopic (exact) mass is 520 g/mol. The van der Waals surface area contributed by atoms with Gasteiger partial charge in [-0.2, -0.15) is 0 Å². The van der Waals surface area contributed by atoms with E-state index in [4.69, 9.17) is 23.7 Å². The molecule has 0 aliphatic rings. The lowest BCUT2D eigenvalue weighted by Crippen LogP contribution is -2.20. The molecular weight excluding hydrogens is 492 g/mol. The standard InChI is InChI=1S/C24H28N2O11/c1-31-23(29)25-17-3-7-19(8-4-17)36-15-21(27)34-13-11-33-12-14-35-22(28)16-37-20-9-5-18(6-10-20)26-24(30)32-2/h3-10H,11-16H2,1-2H3,(H,25,29)(H,26,30). The predicted molar refractivity (Wildman–Crippen MR) is 129 cm³/mol. The molecule has 13 nitrogen and oxygen atoms in total. The Morgan fingerprint density at radius 1 is 0.595 bits per heavy atom. The number of hydrogen-bond donors (Lipinski definition) is 2. The first-order chi connectivity index (χ1) is 17.9. The van der Waals surface area contributed by atoms with Crippen LogP contribution in [0.3, 0.4) is 0 Å². The lowest BCUT2D eigenvalue weighted by molar-refractivity contribution is -0.149. The molecule has 0 unspecified atom stereocenters. The van der Waals surface area contributed by atoms with Crippen LogP contribution in [0.5, 0.6) is 11.5 Å². The first-order valence-electron chi connectivity index (χ1n) is 10.9. The molecule has 0 aromatic heterocycles. The molecule has 0 atom stereocenters. The van der Waals surface area contributed by atoms with Gasteiger partial charge in [-0.1, -0.05) is 0 Å². The van der Waals surface area contributed by atoms with E-state index in [0.29, 0.717) is 22.9 Å². The van der Waals surface area contributed by atoms with E-state index in [-0.39, 0.29) is 39.6 Å². The number of esters is 2. The van der Waals surface area contributed by atoms with Crippen molar-refractivity contribution in [3.8, 4) is 11.5 Å². The molecule has 0 heterocycles. The molecule has 0 aliphatic heterocycles. The number of anilines is 2. The molecular formula is C24H28N2O11. The maximum absolute atomic E-state index is 11.7. The van der Waals surface area contributed by atoms with Crippen molar-refractivity contribution in [3.63, 3.8) is 0 Å². The van der Waals surface area contributed by atoms with Gasteiger partial charge in [-0.15, -0.1) is 0 Å². The van der Waals surface area contributed by atoms with Crippen LogP contribution in [0.1, 0.15) is 0 Å². The van der Waals surface area contributed by atoms with Crippen LogP contribution in [-0.2, 0) is 33.3 Å². The minimum atomic E-state index is -0.595. The highest BCUT2D eigenvalue weighted by atomic mass is 16.6. The van der Waals surface area contributed by atoms with Crippen molar-refractivity contribution in [3.05, 3.63) is 48.5 Å². The largest absolute Gasteiger partial charge is 0.482 e. The molecule has 0 aliphatic carbocycles. The van der Waals surface area contributed by atoms with Crippen molar-refractivity contribution in [1.29, 1.82) is 0 Å². The fraction of sp³-hybridized carbons (Fsp3) is 0.333. The fourth-order valence-corrected chi connectivity index (χ4v) is 2.51. The third-order valence-corrected chi connectivity index (χ3v) is 4.27. The van der Waals surface area contributed by atoms with E-state index in [9.17, 15) is 19.2 Å². The van der Waals surface area contributed by atoms with Crippen LogP contribution in [0.15, 0.2) is 48.5 Å². The Hall–Kier alpha value is -4.52. The number of rotatable bonds is 14. The molecule has 0 radical (unpaired) electrons. The highest BCUT2D eigenvalue weighted by molar-refractivity contribution is 5.85. The van der Waals surface area contributed by atoms with Gasteiger partial charge in [0.05, 0.1) is 27.4 Å². The van der Waals surface area contributed by atoms with Crippen LogP contribution < -0.4 is 20.1 Å². The van der Waals surface area contributed by atoms with Crippen LogP contribution in [0.25, 0.3) is 0 Å². The van der Waals surface area contributed by atoms with Gasteiger partial charge in [0.1, 0.15) is 24.7 Å². The summed E-state index contributed by atoms with van der Waals surface area (Å²) in [6, 6.07) is 12.7. The Bertz CT molecular complexity index is 929. The summed E-state index contributed by atoms with van der Waals surface area (Å²) in [4.78, 5) is 45.7. The molecule has 0 saturated heterocycles. The molecule has 2 aromatic carbocycles. The van der Waals surface area contributed by atoms with Crippen molar-refractivity contribution in [2.75, 3.05) is 64.5 Å². The zero-order chi connectivity index (χ0) is 26.9. The number of benzene rings is 2. The second kappa shape index (κ2) is 16.2. The van der Waals surface area contributed by atoms with Crippen LogP contribution in [0.4, 0.5) is 21.0 Å². The van der Waals surface area contributed by atoms with Gasteiger partial charge in [-0.3, -0.25) is 10.6 Å². The van der Waals surface area contributed by atoms with E-state index in [1.165, 1.54) is 14.2 Å². The lowest BCUT2D eigenvalue weighted by Gasteiger charge is -2.09. The van der Waals surface area contributed by atoms with E-state index in [1.54, 1.807) is 48.5 Å². The van der Waals surface area contributed by atoms with Gasteiger partial charge in [-0.05, 0) is 48.5 Å². The first kappa shape index (κ1) is 28.7. The van der Waals surface area contributed by atoms with Crippen molar-refractivity contribution in [2.45, 2.75) is 0 Å². The predicted octanol–water partition coefficient (Wildman–Crippen LogP) is 2.60. The molecule has 2 rings (SSSR count). The van der Waals surface area contributed by atoms with Gasteiger partial charge in [-0.25, -0.2) is 19.2 Å². The number of hydrogen-bond acceptors (Lipinski definition) is 11. The number of ether oxygens (including phenoxy) is 7. The Morgan fingerprint density at radius 2 is 0.973 bits per heavy atom. The summed E-state index contributed by atoms with van der Waals surface area (Å²) >= 11 is 0. The second-order valence-electron chi connectivity index (χ2n) is 6.91. The molecule has 2 N–H and O–H groups in total. The van der Waals surface area contributed by atoms with Crippen LogP contribution >= 0.6 is 0 Å². The average molecular weight is 520 g/mol. The maximum Gasteiger partial charge on any atom is 0.411 e. The maximum atomic E-state index is 11.7. The molecule has 0 bridgehead atoms. The van der Waals surface area contributed by atoms with Crippen LogP contribution in [0.2, 0.25) is 0 Å². The quantitative estimate of drug-likeness (QED) is 0.214. The summed E-state index contributed by atoms with van der Waals surface area (Å²) in [6.07, 6.45) is -1.19. The first-order valence-corrected chi connectivity index (χ1v) is 10.9. The van der Waals surface area contributed by atoms with E-state index >= 15 is 0 Å². The van der Waals surface area contributed by atoms with Gasteiger partial charge >= 0.3 is 24.1 Å². The van der Waals surface area contributed by atoms with Crippen molar-refractivity contribution in [1.82, 2.24) is 0 Å². The molecule has 2 amide bonds. The zero-order valence-corrected chi connectivity index (χ0v) is 20.4. The Kier molecular flexibility index (Phi) is 12.6. The van der Waals surface area contributed by atoms with Gasteiger partial charge < -0.3 is 33.2 Å². The third-order valence-electron chi connectivity index (χ3n) is 4.27. The summed E-state index contributed by atoms with van der Waals surface area (Å²) in [7, 11) is 2.52. The normalized spacial score (nSPS) is 10.0. The van der Waals surface area contributed by atoms with Crippen molar-refractivity contribution >= 4 is 35.5 Å². The fourth-order valence-electron chi connectivity index (χ4n) is 2.51. The highest BCUT2D eigenvalue weighted by Crippen LogP contribution is 2.16. The summed E-state index contributed by atoms with van der Waals surface area (Å²) < 4.78 is 34.8. The minimum Gasteiger partial charge on any atom is -0.482 e. The number of nitrogens with one attached hydrogen (secondary N) is 2. The molecule has 37 heavy (non-hydrogen) atoms. The number of amides is 2. The van der Waals surface area contributed by atoms with E-state index < -0.39 is 24.1 Å². The number of carbonyl (C=O) groups is 4. The molecule has 200 valence electrons. The number of methoxy groups -OCH3 is 2. The zero-order valence-electron chi connectivity index (χ0n) is 20.4. The summed E-state index contributed by atoms with van der Waals surface area (Å²) in [5.41, 5.74) is 1.02. The second-order valence-corrected chi connectivity index (χ2v) is 6.91. The lowest BCUT2D eigenvalue weighted by atomic mass is 10.3. The van der Waals surface area contributed by atoms with Gasteiger partial charge in [0.25, 0.3) is 0 Å². The van der Waals surface area contributed by atoms with Gasteiger partial charge in [0.2, 0.25) is 0 Å². The highest BCUT2D eigenvalue weighted by Gasteiger charge is 2.07. The van der Waals surface area contributed by atoms with Crippen LogP contribution in [0, 0.1) is 0 Å². The van der Waals surface area contributed by atoms with Crippen LogP contribution in [-0.4, -0.2) is 78.0 Å². The Morgan fingerprint density at radius 3 is 1.32 bits per heavy atom.